The molecule has 0 unspecified atom stereocenters. The van der Waals surface area contributed by atoms with Gasteiger partial charge in [0.05, 0.1) is 0 Å². The minimum absolute atomic E-state index is 0.827. The highest BCUT2D eigenvalue weighted by atomic mass is 16.3. The van der Waals surface area contributed by atoms with Crippen LogP contribution in [0.25, 0.3) is 0 Å². The van der Waals surface area contributed by atoms with Crippen LogP contribution in [-0.4, -0.2) is 0 Å². The monoisotopic (exact) mass is 122 g/mol. The molecule has 0 saturated carbocycles. The van der Waals surface area contributed by atoms with Crippen LogP contribution in [-0.2, 0) is 6.42 Å². The molecule has 0 spiro atoms. The first-order chi connectivity index (χ1) is 4.33. The van der Waals surface area contributed by atoms with Crippen LogP contribution in [0.3, 0.4) is 0 Å². The second-order valence-corrected chi connectivity index (χ2v) is 2.01. The summed E-state index contributed by atoms with van der Waals surface area (Å²) in [5.41, 5.74) is 0. The SMILES string of the molecule is C=CCc1ccc(C)o1. The Bertz CT molecular complexity index is 198. The van der Waals surface area contributed by atoms with E-state index < -0.39 is 0 Å². The highest BCUT2D eigenvalue weighted by molar-refractivity contribution is 5.07. The molecule has 0 aliphatic carbocycles. The van der Waals surface area contributed by atoms with Gasteiger partial charge in [-0.25, -0.2) is 0 Å². The van der Waals surface area contributed by atoms with E-state index in [1.165, 1.54) is 0 Å². The second kappa shape index (κ2) is 2.53. The third kappa shape index (κ3) is 1.46. The van der Waals surface area contributed by atoms with Crippen molar-refractivity contribution in [3.8, 4) is 0 Å². The molecule has 0 N–H and O–H groups in total. The van der Waals surface area contributed by atoms with Gasteiger partial charge in [0.1, 0.15) is 11.5 Å². The Balaban J connectivity index is 2.72. The summed E-state index contributed by atoms with van der Waals surface area (Å²) in [6.45, 7) is 5.54. The van der Waals surface area contributed by atoms with Gasteiger partial charge in [0.2, 0.25) is 0 Å². The molecule has 0 aliphatic heterocycles. The molecule has 0 aliphatic rings. The number of hydrogen-bond donors (Lipinski definition) is 0. The maximum atomic E-state index is 5.25. The fourth-order valence-electron chi connectivity index (χ4n) is 0.737. The largest absolute Gasteiger partial charge is 0.466 e. The molecule has 1 heteroatoms. The lowest BCUT2D eigenvalue weighted by Crippen LogP contribution is -1.70. The summed E-state index contributed by atoms with van der Waals surface area (Å²) in [6.07, 6.45) is 2.66. The molecule has 0 aromatic carbocycles. The van der Waals surface area contributed by atoms with Gasteiger partial charge in [-0.05, 0) is 19.1 Å². The predicted octanol–water partition coefficient (Wildman–Crippen LogP) is 2.32. The van der Waals surface area contributed by atoms with Gasteiger partial charge in [-0.1, -0.05) is 6.08 Å². The van der Waals surface area contributed by atoms with Gasteiger partial charge in [0.15, 0.2) is 0 Å². The van der Waals surface area contributed by atoms with Crippen LogP contribution in [0, 0.1) is 6.92 Å². The molecule has 1 nitrogen and oxygen atoms in total. The Kier molecular flexibility index (Phi) is 1.73. The summed E-state index contributed by atoms with van der Waals surface area (Å²) in [5.74, 6) is 1.95. The molecule has 0 saturated heterocycles. The van der Waals surface area contributed by atoms with E-state index in [2.05, 4.69) is 6.58 Å². The van der Waals surface area contributed by atoms with E-state index in [-0.39, 0.29) is 0 Å². The molecule has 1 aromatic rings. The third-order valence-electron chi connectivity index (χ3n) is 1.14. The maximum Gasteiger partial charge on any atom is 0.107 e. The Hall–Kier alpha value is -0.980. The first kappa shape index (κ1) is 6.14. The quantitative estimate of drug-likeness (QED) is 0.548. The first-order valence-corrected chi connectivity index (χ1v) is 2.99. The molecule has 0 atom stereocenters. The number of furan rings is 1. The van der Waals surface area contributed by atoms with Crippen molar-refractivity contribution in [2.45, 2.75) is 13.3 Å². The molecule has 1 aromatic heterocycles. The van der Waals surface area contributed by atoms with Crippen LogP contribution < -0.4 is 0 Å². The van der Waals surface area contributed by atoms with E-state index in [4.69, 9.17) is 4.42 Å². The molecule has 0 bridgehead atoms. The lowest BCUT2D eigenvalue weighted by atomic mass is 10.3. The van der Waals surface area contributed by atoms with Gasteiger partial charge < -0.3 is 4.42 Å². The van der Waals surface area contributed by atoms with E-state index >= 15 is 0 Å². The van der Waals surface area contributed by atoms with Crippen molar-refractivity contribution in [1.82, 2.24) is 0 Å². The van der Waals surface area contributed by atoms with Crippen LogP contribution in [0.15, 0.2) is 29.2 Å². The number of aryl methyl sites for hydroxylation is 1. The van der Waals surface area contributed by atoms with Crippen LogP contribution in [0.5, 0.6) is 0 Å². The number of hydrogen-bond acceptors (Lipinski definition) is 1. The van der Waals surface area contributed by atoms with Gasteiger partial charge in [-0.2, -0.15) is 0 Å². The van der Waals surface area contributed by atoms with Crippen molar-refractivity contribution >= 4 is 0 Å². The zero-order chi connectivity index (χ0) is 6.69. The molecule has 0 amide bonds. The van der Waals surface area contributed by atoms with E-state index in [1.807, 2.05) is 25.1 Å². The highest BCUT2D eigenvalue weighted by Crippen LogP contribution is 2.06. The standard InChI is InChI=1S/C8H10O/c1-3-4-8-6-5-7(2)9-8/h3,5-6H,1,4H2,2H3. The number of rotatable bonds is 2. The van der Waals surface area contributed by atoms with Crippen molar-refractivity contribution in [3.63, 3.8) is 0 Å². The third-order valence-corrected chi connectivity index (χ3v) is 1.14. The Morgan fingerprint density at radius 3 is 2.89 bits per heavy atom. The summed E-state index contributed by atoms with van der Waals surface area (Å²) in [4.78, 5) is 0. The molecule has 48 valence electrons. The van der Waals surface area contributed by atoms with Gasteiger partial charge in [-0.3, -0.25) is 0 Å². The minimum atomic E-state index is 0.827. The van der Waals surface area contributed by atoms with E-state index in [0.717, 1.165) is 17.9 Å². The summed E-state index contributed by atoms with van der Waals surface area (Å²) < 4.78 is 5.25. The smallest absolute Gasteiger partial charge is 0.107 e. The molecule has 1 rings (SSSR count). The molecular weight excluding hydrogens is 112 g/mol. The molecule has 0 radical (unpaired) electrons. The van der Waals surface area contributed by atoms with Crippen LogP contribution in [0.4, 0.5) is 0 Å². The first-order valence-electron chi connectivity index (χ1n) is 2.99. The lowest BCUT2D eigenvalue weighted by molar-refractivity contribution is 0.495. The summed E-state index contributed by atoms with van der Waals surface area (Å²) >= 11 is 0. The topological polar surface area (TPSA) is 13.1 Å². The summed E-state index contributed by atoms with van der Waals surface area (Å²) in [6, 6.07) is 3.93. The van der Waals surface area contributed by atoms with Crippen LogP contribution >= 0.6 is 0 Å². The van der Waals surface area contributed by atoms with Crippen molar-refractivity contribution < 1.29 is 4.42 Å². The van der Waals surface area contributed by atoms with Crippen LogP contribution in [0.1, 0.15) is 11.5 Å². The van der Waals surface area contributed by atoms with Crippen molar-refractivity contribution in [1.29, 1.82) is 0 Å². The van der Waals surface area contributed by atoms with E-state index in [9.17, 15) is 0 Å². The second-order valence-electron chi connectivity index (χ2n) is 2.01. The maximum absolute atomic E-state index is 5.25. The lowest BCUT2D eigenvalue weighted by Gasteiger charge is -1.84. The molecule has 9 heavy (non-hydrogen) atoms. The van der Waals surface area contributed by atoms with Gasteiger partial charge >= 0.3 is 0 Å². The van der Waals surface area contributed by atoms with Crippen LogP contribution in [0.2, 0.25) is 0 Å². The fourth-order valence-corrected chi connectivity index (χ4v) is 0.737. The predicted molar refractivity (Wildman–Crippen MR) is 37.3 cm³/mol. The Morgan fingerprint density at radius 1 is 1.67 bits per heavy atom. The van der Waals surface area contributed by atoms with E-state index in [1.54, 1.807) is 0 Å². The Morgan fingerprint density at radius 2 is 2.44 bits per heavy atom. The van der Waals surface area contributed by atoms with Gasteiger partial charge in [0.25, 0.3) is 0 Å². The normalized spacial score (nSPS) is 9.44. The summed E-state index contributed by atoms with van der Waals surface area (Å²) in [7, 11) is 0. The average Bonchev–Trinajstić information content (AvgIpc) is 2.17. The minimum Gasteiger partial charge on any atom is -0.466 e. The van der Waals surface area contributed by atoms with Crippen molar-refractivity contribution in [2.24, 2.45) is 0 Å². The molecular formula is C8H10O. The highest BCUT2D eigenvalue weighted by Gasteiger charge is 1.92. The average molecular weight is 122 g/mol. The summed E-state index contributed by atoms with van der Waals surface area (Å²) in [5, 5.41) is 0. The molecule has 0 fully saturated rings. The zero-order valence-corrected chi connectivity index (χ0v) is 5.55. The van der Waals surface area contributed by atoms with Gasteiger partial charge in [0, 0.05) is 6.42 Å². The fraction of sp³-hybridized carbons (Fsp3) is 0.250. The molecule has 1 heterocycles. The van der Waals surface area contributed by atoms with Crippen molar-refractivity contribution in [3.05, 3.63) is 36.3 Å². The van der Waals surface area contributed by atoms with Gasteiger partial charge in [-0.15, -0.1) is 6.58 Å². The van der Waals surface area contributed by atoms with Crippen molar-refractivity contribution in [2.75, 3.05) is 0 Å². The zero-order valence-electron chi connectivity index (χ0n) is 5.55. The Labute approximate surface area is 55.0 Å². The number of allylic oxidation sites excluding steroid dienone is 1. The van der Waals surface area contributed by atoms with E-state index in [0.29, 0.717) is 0 Å².